The predicted octanol–water partition coefficient (Wildman–Crippen LogP) is 1.97. The summed E-state index contributed by atoms with van der Waals surface area (Å²) in [5, 5.41) is 3.81. The Hall–Kier alpha value is -0.790. The summed E-state index contributed by atoms with van der Waals surface area (Å²) >= 11 is 0. The Morgan fingerprint density at radius 2 is 2.11 bits per heavy atom. The second-order valence-electron chi connectivity index (χ2n) is 3.13. The van der Waals surface area contributed by atoms with Crippen LogP contribution in [0.5, 0.6) is 0 Å². The van der Waals surface area contributed by atoms with Crippen molar-refractivity contribution in [3.63, 3.8) is 0 Å². The Balaban J connectivity index is 2.90. The lowest BCUT2D eigenvalue weighted by atomic mass is 9.93. The van der Waals surface area contributed by atoms with Crippen molar-refractivity contribution in [3.8, 4) is 0 Å². The van der Waals surface area contributed by atoms with Gasteiger partial charge in [0.25, 0.3) is 0 Å². The smallest absolute Gasteiger partial charge is 0.124 e. The molecule has 0 unspecified atom stereocenters. The van der Waals surface area contributed by atoms with Gasteiger partial charge in [-0.15, -0.1) is 0 Å². The quantitative estimate of drug-likeness (QED) is 0.529. The Kier molecular flexibility index (Phi) is 1.31. The van der Waals surface area contributed by atoms with Gasteiger partial charge in [-0.1, -0.05) is 25.9 Å². The molecule has 0 spiro atoms. The standard InChI is InChI=1S/C7H11NO/c1-7(2,3)6-4-5-9-8-6/h4-5H,1-3H3. The molecule has 1 aromatic rings. The fraction of sp³-hybridized carbons (Fsp3) is 0.571. The SMILES string of the molecule is CC(C)(C)c1ccon1. The summed E-state index contributed by atoms with van der Waals surface area (Å²) in [6.07, 6.45) is 1.60. The zero-order valence-electron chi connectivity index (χ0n) is 6.01. The molecule has 50 valence electrons. The van der Waals surface area contributed by atoms with Crippen LogP contribution < -0.4 is 0 Å². The van der Waals surface area contributed by atoms with E-state index in [2.05, 4.69) is 25.9 Å². The third-order valence-corrected chi connectivity index (χ3v) is 1.21. The maximum absolute atomic E-state index is 4.69. The first kappa shape index (κ1) is 6.33. The molecule has 0 N–H and O–H groups in total. The molecule has 0 fully saturated rings. The normalized spacial score (nSPS) is 11.9. The molecule has 0 amide bonds. The van der Waals surface area contributed by atoms with Crippen LogP contribution in [0.25, 0.3) is 0 Å². The van der Waals surface area contributed by atoms with Gasteiger partial charge in [0.15, 0.2) is 0 Å². The molecule has 9 heavy (non-hydrogen) atoms. The summed E-state index contributed by atoms with van der Waals surface area (Å²) in [4.78, 5) is 0. The van der Waals surface area contributed by atoms with Gasteiger partial charge in [-0.05, 0) is 0 Å². The van der Waals surface area contributed by atoms with Gasteiger partial charge in [0.05, 0.1) is 5.69 Å². The first-order chi connectivity index (χ1) is 4.11. The molecule has 2 heteroatoms. The molecular formula is C7H11NO. The van der Waals surface area contributed by atoms with E-state index in [9.17, 15) is 0 Å². The maximum Gasteiger partial charge on any atom is 0.124 e. The largest absolute Gasteiger partial charge is 0.364 e. The van der Waals surface area contributed by atoms with Gasteiger partial charge in [-0.25, -0.2) is 0 Å². The zero-order chi connectivity index (χ0) is 6.91. The van der Waals surface area contributed by atoms with E-state index in [1.54, 1.807) is 6.26 Å². The van der Waals surface area contributed by atoms with Crippen LogP contribution in [0.1, 0.15) is 26.5 Å². The Labute approximate surface area is 54.9 Å². The van der Waals surface area contributed by atoms with Crippen molar-refractivity contribution in [2.24, 2.45) is 0 Å². The monoisotopic (exact) mass is 125 g/mol. The van der Waals surface area contributed by atoms with Crippen molar-refractivity contribution in [1.82, 2.24) is 5.16 Å². The van der Waals surface area contributed by atoms with Crippen LogP contribution in [0.15, 0.2) is 16.9 Å². The molecule has 0 aliphatic carbocycles. The van der Waals surface area contributed by atoms with Gasteiger partial charge < -0.3 is 4.52 Å². The highest BCUT2D eigenvalue weighted by Crippen LogP contribution is 2.18. The van der Waals surface area contributed by atoms with Gasteiger partial charge in [0.1, 0.15) is 6.26 Å². The van der Waals surface area contributed by atoms with E-state index in [0.29, 0.717) is 0 Å². The third kappa shape index (κ3) is 1.31. The molecule has 0 radical (unpaired) electrons. The topological polar surface area (TPSA) is 26.0 Å². The first-order valence-corrected chi connectivity index (χ1v) is 3.01. The summed E-state index contributed by atoms with van der Waals surface area (Å²) in [5.74, 6) is 0. The van der Waals surface area contributed by atoms with Crippen molar-refractivity contribution in [2.45, 2.75) is 26.2 Å². The van der Waals surface area contributed by atoms with Crippen LogP contribution in [-0.2, 0) is 5.41 Å². The molecular weight excluding hydrogens is 114 g/mol. The summed E-state index contributed by atoms with van der Waals surface area (Å²) in [5.41, 5.74) is 1.12. The second kappa shape index (κ2) is 1.87. The van der Waals surface area contributed by atoms with Gasteiger partial charge in [-0.2, -0.15) is 0 Å². The molecule has 0 aromatic carbocycles. The van der Waals surface area contributed by atoms with Crippen molar-refractivity contribution >= 4 is 0 Å². The molecule has 0 aliphatic rings. The summed E-state index contributed by atoms with van der Waals surface area (Å²) in [6.45, 7) is 6.31. The van der Waals surface area contributed by atoms with Crippen LogP contribution in [0.2, 0.25) is 0 Å². The van der Waals surface area contributed by atoms with Crippen LogP contribution in [0.3, 0.4) is 0 Å². The average Bonchev–Trinajstić information content (AvgIpc) is 2.08. The lowest BCUT2D eigenvalue weighted by Gasteiger charge is -2.12. The summed E-state index contributed by atoms with van der Waals surface area (Å²) in [6, 6.07) is 1.89. The van der Waals surface area contributed by atoms with Crippen LogP contribution >= 0.6 is 0 Å². The Morgan fingerprint density at radius 1 is 1.44 bits per heavy atom. The highest BCUT2D eigenvalue weighted by molar-refractivity contribution is 5.07. The maximum atomic E-state index is 4.69. The van der Waals surface area contributed by atoms with Crippen molar-refractivity contribution < 1.29 is 4.52 Å². The number of nitrogens with zero attached hydrogens (tertiary/aromatic N) is 1. The Bertz CT molecular complexity index is 171. The molecule has 1 rings (SSSR count). The number of hydrogen-bond acceptors (Lipinski definition) is 2. The van der Waals surface area contributed by atoms with Crippen LogP contribution in [0, 0.1) is 0 Å². The molecule has 0 saturated carbocycles. The van der Waals surface area contributed by atoms with Gasteiger partial charge in [0.2, 0.25) is 0 Å². The van der Waals surface area contributed by atoms with Crippen LogP contribution in [-0.4, -0.2) is 5.16 Å². The average molecular weight is 125 g/mol. The first-order valence-electron chi connectivity index (χ1n) is 3.01. The van der Waals surface area contributed by atoms with Gasteiger partial charge in [-0.3, -0.25) is 0 Å². The van der Waals surface area contributed by atoms with Crippen molar-refractivity contribution in [3.05, 3.63) is 18.0 Å². The van der Waals surface area contributed by atoms with Gasteiger partial charge >= 0.3 is 0 Å². The highest BCUT2D eigenvalue weighted by Gasteiger charge is 2.15. The molecule has 1 aromatic heterocycles. The predicted molar refractivity (Wildman–Crippen MR) is 35.2 cm³/mol. The minimum absolute atomic E-state index is 0.118. The molecule has 0 bridgehead atoms. The zero-order valence-corrected chi connectivity index (χ0v) is 6.01. The third-order valence-electron chi connectivity index (χ3n) is 1.21. The molecule has 0 saturated heterocycles. The fourth-order valence-electron chi connectivity index (χ4n) is 0.599. The molecule has 2 nitrogen and oxygen atoms in total. The Morgan fingerprint density at radius 3 is 2.33 bits per heavy atom. The van der Waals surface area contributed by atoms with Crippen LogP contribution in [0.4, 0.5) is 0 Å². The number of aromatic nitrogens is 1. The van der Waals surface area contributed by atoms with E-state index in [-0.39, 0.29) is 5.41 Å². The van der Waals surface area contributed by atoms with E-state index >= 15 is 0 Å². The molecule has 1 heterocycles. The van der Waals surface area contributed by atoms with E-state index in [4.69, 9.17) is 4.52 Å². The van der Waals surface area contributed by atoms with E-state index < -0.39 is 0 Å². The van der Waals surface area contributed by atoms with Crippen molar-refractivity contribution in [1.29, 1.82) is 0 Å². The fourth-order valence-corrected chi connectivity index (χ4v) is 0.599. The van der Waals surface area contributed by atoms with E-state index in [1.165, 1.54) is 0 Å². The summed E-state index contributed by atoms with van der Waals surface area (Å²) in [7, 11) is 0. The highest BCUT2D eigenvalue weighted by atomic mass is 16.5. The molecule has 0 aliphatic heterocycles. The number of hydrogen-bond donors (Lipinski definition) is 0. The lowest BCUT2D eigenvalue weighted by Crippen LogP contribution is -2.10. The van der Waals surface area contributed by atoms with Crippen molar-refractivity contribution in [2.75, 3.05) is 0 Å². The van der Waals surface area contributed by atoms with E-state index in [1.807, 2.05) is 6.07 Å². The second-order valence-corrected chi connectivity index (χ2v) is 3.13. The van der Waals surface area contributed by atoms with Gasteiger partial charge in [0, 0.05) is 11.5 Å². The van der Waals surface area contributed by atoms with E-state index in [0.717, 1.165) is 5.69 Å². The summed E-state index contributed by atoms with van der Waals surface area (Å²) < 4.78 is 4.69. The minimum atomic E-state index is 0.118. The lowest BCUT2D eigenvalue weighted by molar-refractivity contribution is 0.393. The minimum Gasteiger partial charge on any atom is -0.364 e. The number of rotatable bonds is 0. The molecule has 0 atom stereocenters.